The minimum absolute atomic E-state index is 0.0157. The van der Waals surface area contributed by atoms with Gasteiger partial charge in [-0.25, -0.2) is 18.4 Å². The van der Waals surface area contributed by atoms with Gasteiger partial charge in [-0.15, -0.1) is 0 Å². The van der Waals surface area contributed by atoms with Crippen molar-refractivity contribution in [1.29, 1.82) is 0 Å². The summed E-state index contributed by atoms with van der Waals surface area (Å²) < 4.78 is 38.9. The van der Waals surface area contributed by atoms with Crippen LogP contribution in [0.25, 0.3) is 0 Å². The maximum Gasteiger partial charge on any atom is 0.326 e. The largest absolute Gasteiger partial charge is 0.488 e. The van der Waals surface area contributed by atoms with E-state index in [1.54, 1.807) is 0 Å². The molecule has 0 aliphatic rings. The summed E-state index contributed by atoms with van der Waals surface area (Å²) in [5.74, 6) is -7.20. The number of hydrogen-bond donors (Lipinski definition) is 4. The SMILES string of the molecule is CC(C(=O)O)N(CC(=O)O)c1ccc(F)cc1OCCOc1cc(F)ccc1N(CC(=O)O)C(C)C(=O)O. The van der Waals surface area contributed by atoms with Crippen molar-refractivity contribution in [2.24, 2.45) is 0 Å². The molecular formula is C24H26F2N2O10. The smallest absolute Gasteiger partial charge is 0.326 e. The van der Waals surface area contributed by atoms with Crippen LogP contribution in [0.3, 0.4) is 0 Å². The van der Waals surface area contributed by atoms with E-state index in [1.807, 2.05) is 0 Å². The molecule has 0 aliphatic heterocycles. The number of aliphatic carboxylic acids is 4. The number of ether oxygens (including phenoxy) is 2. The summed E-state index contributed by atoms with van der Waals surface area (Å²) in [5.41, 5.74) is -0.0314. The maximum atomic E-state index is 13.9. The van der Waals surface area contributed by atoms with Gasteiger partial charge in [0.25, 0.3) is 0 Å². The van der Waals surface area contributed by atoms with E-state index >= 15 is 0 Å². The number of benzene rings is 2. The predicted molar refractivity (Wildman–Crippen MR) is 128 cm³/mol. The number of nitrogens with zero attached hydrogens (tertiary/aromatic N) is 2. The number of carboxylic acid groups (broad SMARTS) is 4. The average Bonchev–Trinajstić information content (AvgIpc) is 2.83. The van der Waals surface area contributed by atoms with Crippen LogP contribution in [0.5, 0.6) is 11.5 Å². The first-order chi connectivity index (χ1) is 17.8. The van der Waals surface area contributed by atoms with Crippen LogP contribution in [-0.4, -0.2) is 82.7 Å². The Hall–Kier alpha value is -4.62. The Morgan fingerprint density at radius 2 is 1.05 bits per heavy atom. The molecule has 12 nitrogen and oxygen atoms in total. The third kappa shape index (κ3) is 7.94. The van der Waals surface area contributed by atoms with E-state index in [4.69, 9.17) is 9.47 Å². The molecule has 0 saturated carbocycles. The molecule has 0 heterocycles. The molecule has 2 atom stereocenters. The fraction of sp³-hybridized carbons (Fsp3) is 0.333. The van der Waals surface area contributed by atoms with Crippen LogP contribution >= 0.6 is 0 Å². The highest BCUT2D eigenvalue weighted by Crippen LogP contribution is 2.32. The number of carboxylic acids is 4. The summed E-state index contributed by atoms with van der Waals surface area (Å²) >= 11 is 0. The third-order valence-corrected chi connectivity index (χ3v) is 5.32. The van der Waals surface area contributed by atoms with E-state index in [1.165, 1.54) is 13.8 Å². The van der Waals surface area contributed by atoms with Crippen LogP contribution in [-0.2, 0) is 19.2 Å². The molecule has 38 heavy (non-hydrogen) atoms. The average molecular weight is 540 g/mol. The summed E-state index contributed by atoms with van der Waals surface area (Å²) in [6.45, 7) is 0.409. The van der Waals surface area contributed by atoms with Gasteiger partial charge in [0.05, 0.1) is 11.4 Å². The van der Waals surface area contributed by atoms with Crippen LogP contribution in [0.15, 0.2) is 36.4 Å². The van der Waals surface area contributed by atoms with Gasteiger partial charge in [-0.2, -0.15) is 0 Å². The number of carbonyl (C=O) groups is 4. The third-order valence-electron chi connectivity index (χ3n) is 5.32. The van der Waals surface area contributed by atoms with Gasteiger partial charge in [-0.1, -0.05) is 0 Å². The highest BCUT2D eigenvalue weighted by molar-refractivity contribution is 5.84. The Morgan fingerprint density at radius 3 is 1.34 bits per heavy atom. The summed E-state index contributed by atoms with van der Waals surface area (Å²) in [7, 11) is 0. The molecule has 0 fully saturated rings. The highest BCUT2D eigenvalue weighted by atomic mass is 19.1. The summed E-state index contributed by atoms with van der Waals surface area (Å²) in [5, 5.41) is 37.1. The van der Waals surface area contributed by atoms with Crippen LogP contribution in [0.1, 0.15) is 13.8 Å². The van der Waals surface area contributed by atoms with Gasteiger partial charge in [-0.05, 0) is 38.1 Å². The minimum Gasteiger partial charge on any atom is -0.488 e. The lowest BCUT2D eigenvalue weighted by Gasteiger charge is -2.29. The molecule has 4 N–H and O–H groups in total. The summed E-state index contributed by atoms with van der Waals surface area (Å²) in [4.78, 5) is 47.5. The first-order valence-corrected chi connectivity index (χ1v) is 11.1. The van der Waals surface area contributed by atoms with Gasteiger partial charge >= 0.3 is 23.9 Å². The summed E-state index contributed by atoms with van der Waals surface area (Å²) in [6.07, 6.45) is 0. The van der Waals surface area contributed by atoms with Crippen LogP contribution in [0.4, 0.5) is 20.2 Å². The molecule has 206 valence electrons. The molecular weight excluding hydrogens is 514 g/mol. The molecule has 14 heteroatoms. The Kier molecular flexibility index (Phi) is 10.2. The standard InChI is InChI=1S/C24H26F2N2O10/c1-13(23(33)34)27(11-21(29)30)17-5-3-15(25)9-19(17)37-7-8-38-20-10-16(26)4-6-18(20)28(12-22(31)32)14(2)24(35)36/h3-6,9-10,13-14H,7-8,11-12H2,1-2H3,(H,29,30)(H,31,32)(H,33,34)(H,35,36). The quantitative estimate of drug-likeness (QED) is 0.243. The van der Waals surface area contributed by atoms with E-state index in [2.05, 4.69) is 0 Å². The minimum atomic E-state index is -1.34. The zero-order valence-electron chi connectivity index (χ0n) is 20.3. The molecule has 0 saturated heterocycles. The maximum absolute atomic E-state index is 13.9. The molecule has 0 aliphatic carbocycles. The second kappa shape index (κ2) is 13.1. The van der Waals surface area contributed by atoms with Crippen molar-refractivity contribution in [3.63, 3.8) is 0 Å². The van der Waals surface area contributed by atoms with Crippen LogP contribution < -0.4 is 19.3 Å². The van der Waals surface area contributed by atoms with E-state index in [0.717, 1.165) is 46.2 Å². The van der Waals surface area contributed by atoms with Crippen molar-refractivity contribution in [2.75, 3.05) is 36.1 Å². The number of anilines is 2. The zero-order valence-corrected chi connectivity index (χ0v) is 20.3. The summed E-state index contributed by atoms with van der Waals surface area (Å²) in [6, 6.07) is 3.57. The van der Waals surface area contributed by atoms with Gasteiger partial charge < -0.3 is 39.7 Å². The highest BCUT2D eigenvalue weighted by Gasteiger charge is 2.27. The first kappa shape index (κ1) is 29.6. The molecule has 0 bridgehead atoms. The second-order valence-electron chi connectivity index (χ2n) is 7.99. The van der Waals surface area contributed by atoms with Crippen LogP contribution in [0.2, 0.25) is 0 Å². The molecule has 2 rings (SSSR count). The molecule has 0 amide bonds. The predicted octanol–water partition coefficient (Wildman–Crippen LogP) is 2.15. The first-order valence-electron chi connectivity index (χ1n) is 11.1. The van der Waals surface area contributed by atoms with Gasteiger partial charge in [0.15, 0.2) is 0 Å². The number of halogens is 2. The molecule has 2 aromatic carbocycles. The number of hydrogen-bond acceptors (Lipinski definition) is 8. The topological polar surface area (TPSA) is 174 Å². The Bertz CT molecular complexity index is 1100. The Balaban J connectivity index is 2.27. The van der Waals surface area contributed by atoms with Gasteiger partial charge in [0, 0.05) is 12.1 Å². The lowest BCUT2D eigenvalue weighted by Crippen LogP contribution is -2.42. The normalized spacial score (nSPS) is 12.2. The van der Waals surface area contributed by atoms with Crippen LogP contribution in [0, 0.1) is 11.6 Å². The molecule has 0 radical (unpaired) electrons. The second-order valence-corrected chi connectivity index (χ2v) is 7.99. The van der Waals surface area contributed by atoms with Crippen molar-refractivity contribution in [1.82, 2.24) is 0 Å². The van der Waals surface area contributed by atoms with Gasteiger partial charge in [0.2, 0.25) is 0 Å². The Labute approximate surface area is 215 Å². The lowest BCUT2D eigenvalue weighted by atomic mass is 10.2. The zero-order chi connectivity index (χ0) is 28.6. The molecule has 0 aromatic heterocycles. The van der Waals surface area contributed by atoms with Crippen molar-refractivity contribution in [3.8, 4) is 11.5 Å². The van der Waals surface area contributed by atoms with Crippen molar-refractivity contribution in [2.45, 2.75) is 25.9 Å². The lowest BCUT2D eigenvalue weighted by molar-refractivity contribution is -0.140. The monoisotopic (exact) mass is 540 g/mol. The van der Waals surface area contributed by atoms with E-state index < -0.39 is 60.7 Å². The molecule has 0 spiro atoms. The molecule has 2 aromatic rings. The van der Waals surface area contributed by atoms with E-state index in [9.17, 15) is 48.4 Å². The van der Waals surface area contributed by atoms with Gasteiger partial charge in [0.1, 0.15) is 61.5 Å². The number of rotatable bonds is 15. The fourth-order valence-electron chi connectivity index (χ4n) is 3.40. The fourth-order valence-corrected chi connectivity index (χ4v) is 3.40. The van der Waals surface area contributed by atoms with Crippen molar-refractivity contribution in [3.05, 3.63) is 48.0 Å². The van der Waals surface area contributed by atoms with Crippen molar-refractivity contribution < 1.29 is 57.9 Å². The van der Waals surface area contributed by atoms with Gasteiger partial charge in [-0.3, -0.25) is 9.59 Å². The van der Waals surface area contributed by atoms with E-state index in [0.29, 0.717) is 0 Å². The van der Waals surface area contributed by atoms with E-state index in [-0.39, 0.29) is 36.1 Å². The molecule has 2 unspecified atom stereocenters. The van der Waals surface area contributed by atoms with Crippen molar-refractivity contribution >= 4 is 35.3 Å². The Morgan fingerprint density at radius 1 is 0.711 bits per heavy atom.